The van der Waals surface area contributed by atoms with Crippen molar-refractivity contribution in [2.75, 3.05) is 32.8 Å². The van der Waals surface area contributed by atoms with Gasteiger partial charge in [0.25, 0.3) is 0 Å². The summed E-state index contributed by atoms with van der Waals surface area (Å²) < 4.78 is 5.72. The molecule has 5 rings (SSSR count). The first-order valence-electron chi connectivity index (χ1n) is 8.45. The van der Waals surface area contributed by atoms with Gasteiger partial charge in [0.1, 0.15) is 0 Å². The Kier molecular flexibility index (Phi) is 3.57. The number of fused-ring (bicyclic) bond motifs is 4. The quantitative estimate of drug-likeness (QED) is 0.842. The smallest absolute Gasteiger partial charge is 0.410 e. The standard InChI is InChI=1S/C18H24N2O2/c21-17(20-9-5-15-3-1-2-4-16(15)13-20)22-14-18-6-10-19(11-7-18)12-8-18/h1-4H,5-14H2. The fourth-order valence-corrected chi connectivity index (χ4v) is 4.07. The summed E-state index contributed by atoms with van der Waals surface area (Å²) in [5, 5.41) is 0. The summed E-state index contributed by atoms with van der Waals surface area (Å²) in [7, 11) is 0. The molecule has 3 fully saturated rings. The van der Waals surface area contributed by atoms with E-state index in [0.717, 1.165) is 13.0 Å². The van der Waals surface area contributed by atoms with Gasteiger partial charge in [-0.1, -0.05) is 24.3 Å². The second-order valence-electron chi connectivity index (χ2n) is 7.09. The first-order chi connectivity index (χ1) is 10.7. The number of benzene rings is 1. The molecule has 0 aromatic heterocycles. The van der Waals surface area contributed by atoms with Crippen molar-refractivity contribution >= 4 is 6.09 Å². The lowest BCUT2D eigenvalue weighted by molar-refractivity contribution is -0.0288. The molecule has 2 bridgehead atoms. The van der Waals surface area contributed by atoms with E-state index < -0.39 is 0 Å². The molecule has 1 aromatic rings. The van der Waals surface area contributed by atoms with Gasteiger partial charge in [0, 0.05) is 18.5 Å². The minimum Gasteiger partial charge on any atom is -0.449 e. The van der Waals surface area contributed by atoms with Gasteiger partial charge in [-0.25, -0.2) is 4.79 Å². The molecule has 0 atom stereocenters. The third-order valence-electron chi connectivity index (χ3n) is 5.77. The molecule has 3 saturated heterocycles. The summed E-state index contributed by atoms with van der Waals surface area (Å²) in [6.45, 7) is 5.60. The van der Waals surface area contributed by atoms with Crippen molar-refractivity contribution in [1.82, 2.24) is 9.80 Å². The molecule has 0 spiro atoms. The van der Waals surface area contributed by atoms with Gasteiger partial charge in [0.15, 0.2) is 0 Å². The van der Waals surface area contributed by atoms with Crippen LogP contribution in [0.3, 0.4) is 0 Å². The van der Waals surface area contributed by atoms with Gasteiger partial charge in [-0.05, 0) is 56.4 Å². The molecule has 118 valence electrons. The molecule has 0 aliphatic carbocycles. The maximum atomic E-state index is 12.4. The maximum absolute atomic E-state index is 12.4. The Labute approximate surface area is 132 Å². The summed E-state index contributed by atoms with van der Waals surface area (Å²) in [6, 6.07) is 8.39. The topological polar surface area (TPSA) is 32.8 Å². The Hall–Kier alpha value is -1.55. The Morgan fingerprint density at radius 3 is 2.45 bits per heavy atom. The number of amides is 1. The number of nitrogens with zero attached hydrogens (tertiary/aromatic N) is 2. The maximum Gasteiger partial charge on any atom is 0.410 e. The van der Waals surface area contributed by atoms with Gasteiger partial charge in [0.05, 0.1) is 6.61 Å². The van der Waals surface area contributed by atoms with E-state index in [1.165, 1.54) is 50.0 Å². The fraction of sp³-hybridized carbons (Fsp3) is 0.611. The zero-order valence-electron chi connectivity index (χ0n) is 13.1. The molecule has 1 amide bonds. The molecule has 0 saturated carbocycles. The molecule has 0 unspecified atom stereocenters. The number of carbonyl (C=O) groups excluding carboxylic acids is 1. The molecular weight excluding hydrogens is 276 g/mol. The lowest BCUT2D eigenvalue weighted by atomic mass is 9.73. The largest absolute Gasteiger partial charge is 0.449 e. The summed E-state index contributed by atoms with van der Waals surface area (Å²) in [5.74, 6) is 0. The Balaban J connectivity index is 1.35. The zero-order chi connectivity index (χ0) is 15.0. The van der Waals surface area contributed by atoms with E-state index in [1.54, 1.807) is 0 Å². The van der Waals surface area contributed by atoms with Crippen LogP contribution in [0.5, 0.6) is 0 Å². The van der Waals surface area contributed by atoms with Crippen LogP contribution in [0.15, 0.2) is 24.3 Å². The first kappa shape index (κ1) is 14.1. The number of rotatable bonds is 2. The van der Waals surface area contributed by atoms with E-state index in [-0.39, 0.29) is 11.5 Å². The van der Waals surface area contributed by atoms with Gasteiger partial charge in [-0.15, -0.1) is 0 Å². The molecule has 22 heavy (non-hydrogen) atoms. The Morgan fingerprint density at radius 1 is 1.05 bits per heavy atom. The van der Waals surface area contributed by atoms with Gasteiger partial charge in [-0.2, -0.15) is 0 Å². The van der Waals surface area contributed by atoms with Crippen LogP contribution in [-0.2, 0) is 17.7 Å². The van der Waals surface area contributed by atoms with Crippen LogP contribution in [0.4, 0.5) is 4.79 Å². The van der Waals surface area contributed by atoms with Crippen molar-refractivity contribution in [3.8, 4) is 0 Å². The molecule has 1 aromatic carbocycles. The number of carbonyl (C=O) groups is 1. The highest BCUT2D eigenvalue weighted by atomic mass is 16.6. The van der Waals surface area contributed by atoms with Gasteiger partial charge in [0.2, 0.25) is 0 Å². The van der Waals surface area contributed by atoms with Gasteiger partial charge in [-0.3, -0.25) is 0 Å². The van der Waals surface area contributed by atoms with E-state index in [1.807, 2.05) is 11.0 Å². The first-order valence-corrected chi connectivity index (χ1v) is 8.45. The van der Waals surface area contributed by atoms with E-state index in [0.29, 0.717) is 13.2 Å². The van der Waals surface area contributed by atoms with Crippen LogP contribution in [0.25, 0.3) is 0 Å². The monoisotopic (exact) mass is 300 g/mol. The molecule has 4 heteroatoms. The molecule has 4 heterocycles. The Morgan fingerprint density at radius 2 is 1.73 bits per heavy atom. The average molecular weight is 300 g/mol. The highest BCUT2D eigenvalue weighted by Crippen LogP contribution is 2.40. The predicted octanol–water partition coefficient (Wildman–Crippen LogP) is 2.67. The molecule has 0 N–H and O–H groups in total. The average Bonchev–Trinajstić information content (AvgIpc) is 2.61. The van der Waals surface area contributed by atoms with Crippen LogP contribution >= 0.6 is 0 Å². The van der Waals surface area contributed by atoms with Crippen molar-refractivity contribution in [3.05, 3.63) is 35.4 Å². The number of hydrogen-bond acceptors (Lipinski definition) is 3. The van der Waals surface area contributed by atoms with E-state index in [4.69, 9.17) is 4.74 Å². The summed E-state index contributed by atoms with van der Waals surface area (Å²) in [6.07, 6.45) is 4.36. The highest BCUT2D eigenvalue weighted by Gasteiger charge is 2.40. The van der Waals surface area contributed by atoms with Crippen LogP contribution in [0.2, 0.25) is 0 Å². The van der Waals surface area contributed by atoms with Crippen molar-refractivity contribution in [2.45, 2.75) is 32.2 Å². The van der Waals surface area contributed by atoms with Crippen LogP contribution in [-0.4, -0.2) is 48.7 Å². The van der Waals surface area contributed by atoms with Crippen molar-refractivity contribution in [1.29, 1.82) is 0 Å². The van der Waals surface area contributed by atoms with Crippen LogP contribution in [0, 0.1) is 5.41 Å². The third kappa shape index (κ3) is 2.60. The van der Waals surface area contributed by atoms with Crippen molar-refractivity contribution in [2.24, 2.45) is 5.41 Å². The lowest BCUT2D eigenvalue weighted by Crippen LogP contribution is -2.50. The molecule has 4 nitrogen and oxygen atoms in total. The zero-order valence-corrected chi connectivity index (χ0v) is 13.1. The van der Waals surface area contributed by atoms with E-state index in [2.05, 4.69) is 23.1 Å². The second-order valence-corrected chi connectivity index (χ2v) is 7.09. The summed E-state index contributed by atoms with van der Waals surface area (Å²) in [4.78, 5) is 16.8. The normalized spacial score (nSPS) is 30.0. The lowest BCUT2D eigenvalue weighted by Gasteiger charge is -2.48. The van der Waals surface area contributed by atoms with Gasteiger partial charge >= 0.3 is 6.09 Å². The molecule has 4 aliphatic rings. The predicted molar refractivity (Wildman–Crippen MR) is 84.6 cm³/mol. The second kappa shape index (κ2) is 5.58. The van der Waals surface area contributed by atoms with Crippen molar-refractivity contribution < 1.29 is 9.53 Å². The SMILES string of the molecule is O=C(OCC12CCN(CC1)CC2)N1CCc2ccccc2C1. The number of piperidine rings is 3. The minimum absolute atomic E-state index is 0.128. The summed E-state index contributed by atoms with van der Waals surface area (Å²) in [5.41, 5.74) is 2.89. The fourth-order valence-electron chi connectivity index (χ4n) is 4.07. The molecule has 0 radical (unpaired) electrons. The minimum atomic E-state index is -0.128. The number of ether oxygens (including phenoxy) is 1. The molecular formula is C18H24N2O2. The molecule has 4 aliphatic heterocycles. The Bertz CT molecular complexity index is 550. The number of hydrogen-bond donors (Lipinski definition) is 0. The van der Waals surface area contributed by atoms with E-state index >= 15 is 0 Å². The van der Waals surface area contributed by atoms with Crippen molar-refractivity contribution in [3.63, 3.8) is 0 Å². The summed E-state index contributed by atoms with van der Waals surface area (Å²) >= 11 is 0. The van der Waals surface area contributed by atoms with Crippen LogP contribution < -0.4 is 0 Å². The highest BCUT2D eigenvalue weighted by molar-refractivity contribution is 5.68. The van der Waals surface area contributed by atoms with E-state index in [9.17, 15) is 4.79 Å². The third-order valence-corrected chi connectivity index (χ3v) is 5.77. The van der Waals surface area contributed by atoms with Gasteiger partial charge < -0.3 is 14.5 Å². The van der Waals surface area contributed by atoms with Crippen LogP contribution in [0.1, 0.15) is 30.4 Å².